The predicted molar refractivity (Wildman–Crippen MR) is 223 cm³/mol. The Morgan fingerprint density at radius 1 is 1.04 bits per heavy atom. The van der Waals surface area contributed by atoms with Gasteiger partial charge in [-0.1, -0.05) is 43.1 Å². The molecule has 1 unspecified atom stereocenters. The van der Waals surface area contributed by atoms with Gasteiger partial charge in [-0.2, -0.15) is 5.10 Å². The van der Waals surface area contributed by atoms with Gasteiger partial charge in [0.05, 0.1) is 22.8 Å². The average Bonchev–Trinajstić information content (AvgIpc) is 3.85. The molecule has 3 aromatic heterocycles. The Labute approximate surface area is 337 Å². The van der Waals surface area contributed by atoms with Gasteiger partial charge in [0.2, 0.25) is 11.5 Å². The van der Waals surface area contributed by atoms with E-state index in [4.69, 9.17) is 32.4 Å². The number of nitrogens with one attached hydrogen (secondary N) is 3. The van der Waals surface area contributed by atoms with Gasteiger partial charge in [-0.25, -0.2) is 4.21 Å². The lowest BCUT2D eigenvalue weighted by molar-refractivity contribution is -0.108. The first kappa shape index (κ1) is 43.6. The quantitative estimate of drug-likeness (QED) is 0.0849. The normalized spacial score (nSPS) is 13.7. The smallest absolute Gasteiger partial charge is 0.287 e. The van der Waals surface area contributed by atoms with Crippen LogP contribution in [0.5, 0.6) is 5.75 Å². The van der Waals surface area contributed by atoms with E-state index in [-0.39, 0.29) is 16.8 Å². The van der Waals surface area contributed by atoms with Crippen LogP contribution in [-0.2, 0) is 29.2 Å². The zero-order chi connectivity index (χ0) is 40.4. The minimum absolute atomic E-state index is 0.0477. The van der Waals surface area contributed by atoms with Gasteiger partial charge in [0.15, 0.2) is 16.7 Å². The van der Waals surface area contributed by atoms with Gasteiger partial charge < -0.3 is 24.4 Å². The summed E-state index contributed by atoms with van der Waals surface area (Å²) in [5, 5.41) is 10.2. The number of carbonyl (C=O) groups excluding carboxylic acids is 2. The van der Waals surface area contributed by atoms with E-state index in [1.165, 1.54) is 28.8 Å². The number of aromatic amines is 1. The zero-order valence-electron chi connectivity index (χ0n) is 33.3. The SMILES string of the molecule is CC.CN1CCC(CNC(=O)c2ccc(S(=O)NC=O)o2)CC1.Cc1cc(OCCCc2c(C)[nH]c3c(-c4c(C)nn(C)c4C)c(Cl)ccc23)cc(C)c1Cl. The summed E-state index contributed by atoms with van der Waals surface area (Å²) in [5.41, 5.74) is 9.86. The number of benzene rings is 2. The van der Waals surface area contributed by atoms with Crippen LogP contribution in [0.15, 0.2) is 45.9 Å². The maximum Gasteiger partial charge on any atom is 0.287 e. The van der Waals surface area contributed by atoms with Crippen LogP contribution in [0.2, 0.25) is 10.0 Å². The summed E-state index contributed by atoms with van der Waals surface area (Å²) in [7, 11) is 2.30. The Kier molecular flexibility index (Phi) is 16.0. The summed E-state index contributed by atoms with van der Waals surface area (Å²) in [4.78, 5) is 28.0. The number of furan rings is 1. The van der Waals surface area contributed by atoms with Crippen LogP contribution in [0.3, 0.4) is 0 Å². The number of H-pyrrole nitrogens is 1. The Bertz CT molecular complexity index is 2090. The number of carbonyl (C=O) groups is 2. The average molecular weight is 814 g/mol. The van der Waals surface area contributed by atoms with Gasteiger partial charge in [-0.05, 0) is 133 Å². The number of rotatable bonds is 12. The number of halogens is 2. The molecular weight excluding hydrogens is 759 g/mol. The number of ether oxygens (including phenoxy) is 1. The summed E-state index contributed by atoms with van der Waals surface area (Å²) >= 11 is 13.0. The molecule has 0 bridgehead atoms. The summed E-state index contributed by atoms with van der Waals surface area (Å²) < 4.78 is 26.6. The van der Waals surface area contributed by atoms with Crippen LogP contribution >= 0.6 is 23.2 Å². The van der Waals surface area contributed by atoms with Crippen molar-refractivity contribution >= 4 is 57.4 Å². The summed E-state index contributed by atoms with van der Waals surface area (Å²) in [6.45, 7) is 17.6. The Balaban J connectivity index is 0.000000254. The number of likely N-dealkylation sites (tertiary alicyclic amines) is 1. The highest BCUT2D eigenvalue weighted by Gasteiger charge is 2.22. The van der Waals surface area contributed by atoms with E-state index < -0.39 is 11.0 Å². The second-order valence-electron chi connectivity index (χ2n) is 13.6. The van der Waals surface area contributed by atoms with Crippen molar-refractivity contribution in [1.29, 1.82) is 0 Å². The van der Waals surface area contributed by atoms with Gasteiger partial charge in [0, 0.05) is 46.5 Å². The highest BCUT2D eigenvalue weighted by molar-refractivity contribution is 7.83. The predicted octanol–water partition coefficient (Wildman–Crippen LogP) is 8.57. The number of fused-ring (bicyclic) bond motifs is 1. The van der Waals surface area contributed by atoms with E-state index in [0.29, 0.717) is 25.5 Å². The second-order valence-corrected chi connectivity index (χ2v) is 15.6. The molecule has 4 heterocycles. The Hall–Kier alpha value is -4.10. The van der Waals surface area contributed by atoms with Crippen molar-refractivity contribution in [3.63, 3.8) is 0 Å². The highest BCUT2D eigenvalue weighted by Crippen LogP contribution is 2.40. The van der Waals surface area contributed by atoms with E-state index in [2.05, 4.69) is 52.0 Å². The fraction of sp³-hybridized carbons (Fsp3) is 0.439. The van der Waals surface area contributed by atoms with Crippen LogP contribution in [-0.4, -0.2) is 69.5 Å². The van der Waals surface area contributed by atoms with Gasteiger partial charge in [-0.15, -0.1) is 0 Å². The van der Waals surface area contributed by atoms with Crippen LogP contribution in [0, 0.1) is 40.5 Å². The number of amides is 2. The van der Waals surface area contributed by atoms with E-state index >= 15 is 0 Å². The van der Waals surface area contributed by atoms with Gasteiger partial charge in [0.25, 0.3) is 5.91 Å². The summed E-state index contributed by atoms with van der Waals surface area (Å²) in [5.74, 6) is 1.12. The Morgan fingerprint density at radius 2 is 1.71 bits per heavy atom. The number of aryl methyl sites for hydroxylation is 6. The van der Waals surface area contributed by atoms with Crippen molar-refractivity contribution < 1.29 is 23.0 Å². The lowest BCUT2D eigenvalue weighted by atomic mass is 9.97. The molecule has 14 heteroatoms. The molecule has 1 atom stereocenters. The monoisotopic (exact) mass is 812 g/mol. The van der Waals surface area contributed by atoms with Gasteiger partial charge in [0.1, 0.15) is 5.75 Å². The molecule has 1 aliphatic heterocycles. The van der Waals surface area contributed by atoms with Crippen LogP contribution in [0.25, 0.3) is 22.0 Å². The third-order valence-electron chi connectivity index (χ3n) is 9.79. The summed E-state index contributed by atoms with van der Waals surface area (Å²) in [6.07, 6.45) is 4.28. The van der Waals surface area contributed by atoms with Crippen molar-refractivity contribution in [2.45, 2.75) is 79.2 Å². The number of nitrogens with zero attached hydrogens (tertiary/aromatic N) is 3. The molecule has 0 aliphatic carbocycles. The van der Waals surface area contributed by atoms with Crippen molar-refractivity contribution in [1.82, 2.24) is 29.7 Å². The van der Waals surface area contributed by atoms with Crippen LogP contribution < -0.4 is 14.8 Å². The maximum atomic E-state index is 11.9. The van der Waals surface area contributed by atoms with Crippen molar-refractivity contribution in [3.05, 3.63) is 86.0 Å². The third-order valence-corrected chi connectivity index (χ3v) is 11.6. The topological polar surface area (TPSA) is 134 Å². The lowest BCUT2D eigenvalue weighted by Gasteiger charge is -2.28. The molecule has 2 aromatic carbocycles. The van der Waals surface area contributed by atoms with Crippen molar-refractivity contribution in [2.24, 2.45) is 13.0 Å². The van der Waals surface area contributed by atoms with E-state index in [9.17, 15) is 13.8 Å². The molecule has 0 radical (unpaired) electrons. The fourth-order valence-electron chi connectivity index (χ4n) is 6.79. The third kappa shape index (κ3) is 10.8. The lowest BCUT2D eigenvalue weighted by Crippen LogP contribution is -2.36. The number of piperidine rings is 1. The van der Waals surface area contributed by atoms with E-state index in [0.717, 1.165) is 93.7 Å². The molecule has 1 aliphatic rings. The van der Waals surface area contributed by atoms with Gasteiger partial charge in [-0.3, -0.25) is 19.0 Å². The minimum atomic E-state index is -1.76. The van der Waals surface area contributed by atoms with Crippen molar-refractivity contribution in [2.75, 3.05) is 33.3 Å². The molecule has 6 rings (SSSR count). The molecule has 1 fully saturated rings. The number of hydrogen-bond acceptors (Lipinski definition) is 7. The van der Waals surface area contributed by atoms with E-state index in [1.807, 2.05) is 64.5 Å². The molecule has 298 valence electrons. The van der Waals surface area contributed by atoms with Crippen LogP contribution in [0.4, 0.5) is 0 Å². The standard InChI is InChI=1S/C26H29Cl2N3O.C13H19N3O4S.C2H6/c1-14-12-19(13-15(2)25(14)28)32-11-7-8-20-16(3)29-26-21(20)9-10-22(27)24(26)23-17(4)30-31(6)18(23)5;1-16-6-4-10(5-7-16)8-14-13(18)11-2-3-12(20-11)21(19)15-9-17;1-2/h9-10,12-13,29H,7-8,11H2,1-6H3;2-3,9-10H,4-8H2,1H3,(H,14,18)(H,15,17);1-2H3. The Morgan fingerprint density at radius 3 is 2.33 bits per heavy atom. The summed E-state index contributed by atoms with van der Waals surface area (Å²) in [6, 6.07) is 11.0. The van der Waals surface area contributed by atoms with Gasteiger partial charge >= 0.3 is 0 Å². The largest absolute Gasteiger partial charge is 0.494 e. The molecule has 55 heavy (non-hydrogen) atoms. The molecule has 3 N–H and O–H groups in total. The first-order valence-corrected chi connectivity index (χ1v) is 20.6. The number of aromatic nitrogens is 3. The van der Waals surface area contributed by atoms with E-state index in [1.54, 1.807) is 0 Å². The highest BCUT2D eigenvalue weighted by atomic mass is 35.5. The molecule has 5 aromatic rings. The number of hydrogen-bond donors (Lipinski definition) is 3. The first-order valence-electron chi connectivity index (χ1n) is 18.7. The minimum Gasteiger partial charge on any atom is -0.494 e. The first-order chi connectivity index (χ1) is 26.3. The molecule has 2 amide bonds. The molecular formula is C41H54Cl2N6O5S. The molecule has 0 spiro atoms. The molecule has 1 saturated heterocycles. The maximum absolute atomic E-state index is 11.9. The second kappa shape index (κ2) is 20.2. The fourth-order valence-corrected chi connectivity index (χ4v) is 7.71. The molecule has 11 nitrogen and oxygen atoms in total. The molecule has 0 saturated carbocycles. The zero-order valence-corrected chi connectivity index (χ0v) is 35.7. The van der Waals surface area contributed by atoms with Crippen molar-refractivity contribution in [3.8, 4) is 16.9 Å². The van der Waals surface area contributed by atoms with Crippen LogP contribution in [0.1, 0.15) is 77.4 Å².